The van der Waals surface area contributed by atoms with Gasteiger partial charge in [0.05, 0.1) is 6.04 Å². The van der Waals surface area contributed by atoms with E-state index in [-0.39, 0.29) is 31.8 Å². The van der Waals surface area contributed by atoms with E-state index in [2.05, 4.69) is 19.9 Å². The second kappa shape index (κ2) is 13.8. The van der Waals surface area contributed by atoms with Crippen molar-refractivity contribution in [3.63, 3.8) is 0 Å². The maximum atomic E-state index is 10.4. The van der Waals surface area contributed by atoms with E-state index in [1.54, 1.807) is 13.8 Å². The van der Waals surface area contributed by atoms with Crippen molar-refractivity contribution >= 4 is 0 Å². The van der Waals surface area contributed by atoms with Crippen LogP contribution >= 0.6 is 0 Å². The topological polar surface area (TPSA) is 86.4 Å². The molecule has 30 heavy (non-hydrogen) atoms. The lowest BCUT2D eigenvalue weighted by Gasteiger charge is -2.02. The van der Waals surface area contributed by atoms with E-state index < -0.39 is 0 Å². The molecule has 0 aliphatic carbocycles. The van der Waals surface area contributed by atoms with E-state index in [0.717, 1.165) is 35.9 Å². The van der Waals surface area contributed by atoms with Gasteiger partial charge in [0, 0.05) is 17.0 Å². The van der Waals surface area contributed by atoms with E-state index in [1.807, 2.05) is 39.0 Å². The third-order valence-electron chi connectivity index (χ3n) is 4.88. The molecule has 0 saturated carbocycles. The summed E-state index contributed by atoms with van der Waals surface area (Å²) in [5, 5.41) is 0. The zero-order valence-corrected chi connectivity index (χ0v) is 18.1. The minimum Gasteiger partial charge on any atom is -0.466 e. The third kappa shape index (κ3) is 8.15. The lowest BCUT2D eigenvalue weighted by atomic mass is 10.1. The summed E-state index contributed by atoms with van der Waals surface area (Å²) >= 11 is 0. The molecule has 3 rings (SSSR count). The predicted molar refractivity (Wildman–Crippen MR) is 127 cm³/mol. The van der Waals surface area contributed by atoms with Crippen LogP contribution in [0.1, 0.15) is 94.6 Å². The zero-order chi connectivity index (χ0) is 21.4. The molecule has 0 amide bonds. The first-order valence-corrected chi connectivity index (χ1v) is 9.76. The number of aryl methyl sites for hydroxylation is 2. The summed E-state index contributed by atoms with van der Waals surface area (Å²) < 4.78 is 10.7. The van der Waals surface area contributed by atoms with Crippen LogP contribution in [0.2, 0.25) is 0 Å². The Kier molecular flexibility index (Phi) is 13.7. The molecule has 0 aliphatic rings. The Morgan fingerprint density at radius 2 is 1.17 bits per heavy atom. The average Bonchev–Trinajstić information content (AvgIpc) is 3.34. The Balaban J connectivity index is 0. The average molecular weight is 420 g/mol. The molecule has 0 spiro atoms. The number of hydrogen-bond acceptors (Lipinski definition) is 5. The van der Waals surface area contributed by atoms with Gasteiger partial charge in [0.2, 0.25) is 10.9 Å². The van der Waals surface area contributed by atoms with Gasteiger partial charge in [0.15, 0.2) is 0 Å². The van der Waals surface area contributed by atoms with Crippen LogP contribution in [-0.2, 0) is 0 Å². The van der Waals surface area contributed by atoms with Crippen LogP contribution in [0.25, 0.3) is 0 Å². The van der Waals surface area contributed by atoms with Crippen LogP contribution < -0.4 is 16.6 Å². The van der Waals surface area contributed by atoms with Crippen molar-refractivity contribution in [1.82, 2.24) is 0 Å². The summed E-state index contributed by atoms with van der Waals surface area (Å²) in [6.45, 7) is 13.6. The fourth-order valence-corrected chi connectivity index (χ4v) is 2.39. The van der Waals surface area contributed by atoms with Gasteiger partial charge >= 0.3 is 0 Å². The van der Waals surface area contributed by atoms with Gasteiger partial charge in [0.25, 0.3) is 0 Å². The van der Waals surface area contributed by atoms with Gasteiger partial charge < -0.3 is 14.6 Å². The molecular weight excluding hydrogens is 378 g/mol. The van der Waals surface area contributed by atoms with Crippen LogP contribution in [-0.4, -0.2) is 0 Å². The van der Waals surface area contributed by atoms with E-state index >= 15 is 0 Å². The molecule has 0 aliphatic heterocycles. The molecule has 0 radical (unpaired) electrons. The zero-order valence-electron chi connectivity index (χ0n) is 18.1. The highest BCUT2D eigenvalue weighted by Gasteiger charge is 2.10. The Labute approximate surface area is 182 Å². The molecule has 170 valence electrons. The molecule has 2 heterocycles. The van der Waals surface area contributed by atoms with Gasteiger partial charge in [-0.25, -0.2) is 0 Å². The molecule has 0 unspecified atom stereocenters. The molecule has 0 bridgehead atoms. The molecule has 1 aromatic carbocycles. The first kappa shape index (κ1) is 29.8. The van der Waals surface area contributed by atoms with E-state index in [0.29, 0.717) is 17.0 Å². The van der Waals surface area contributed by atoms with E-state index in [4.69, 9.17) is 14.6 Å². The summed E-state index contributed by atoms with van der Waals surface area (Å²) in [4.78, 5) is 20.7. The Hall–Kier alpha value is -2.40. The van der Waals surface area contributed by atoms with Crippen LogP contribution in [0.15, 0.2) is 42.7 Å². The van der Waals surface area contributed by atoms with Crippen molar-refractivity contribution in [1.29, 1.82) is 0 Å². The smallest absolute Gasteiger partial charge is 0.229 e. The molecule has 2 aromatic heterocycles. The first-order chi connectivity index (χ1) is 13.1. The molecule has 3 aromatic rings. The third-order valence-corrected chi connectivity index (χ3v) is 4.88. The maximum absolute atomic E-state index is 10.4. The van der Waals surface area contributed by atoms with Gasteiger partial charge in [-0.3, -0.25) is 9.59 Å². The first-order valence-electron chi connectivity index (χ1n) is 9.76. The molecule has 5 heteroatoms. The molecule has 5 nitrogen and oxygen atoms in total. The summed E-state index contributed by atoms with van der Waals surface area (Å²) in [6, 6.07) is 8.01. The summed E-state index contributed by atoms with van der Waals surface area (Å²) in [5.74, 6) is 4.50. The van der Waals surface area contributed by atoms with Crippen molar-refractivity contribution in [3.05, 3.63) is 78.9 Å². The van der Waals surface area contributed by atoms with Crippen LogP contribution in [0.3, 0.4) is 0 Å². The van der Waals surface area contributed by atoms with Gasteiger partial charge in [-0.15, -0.1) is 0 Å². The Morgan fingerprint density at radius 3 is 1.43 bits per heavy atom. The Bertz CT molecular complexity index is 849. The minimum absolute atomic E-state index is 0. The number of furan rings is 2. The van der Waals surface area contributed by atoms with E-state index in [9.17, 15) is 9.59 Å². The Morgan fingerprint density at radius 1 is 0.767 bits per heavy atom. The highest BCUT2D eigenvalue weighted by Crippen LogP contribution is 2.20. The number of rotatable bonds is 4. The number of hydrogen-bond donors (Lipinski definition) is 1. The van der Waals surface area contributed by atoms with Crippen LogP contribution in [0, 0.1) is 27.7 Å². The van der Waals surface area contributed by atoms with Gasteiger partial charge in [0.1, 0.15) is 23.0 Å². The van der Waals surface area contributed by atoms with Gasteiger partial charge in [-0.05, 0) is 64.8 Å². The molecule has 0 fully saturated rings. The lowest BCUT2D eigenvalue weighted by molar-refractivity contribution is 0.441. The lowest BCUT2D eigenvalue weighted by Crippen LogP contribution is -2.36. The molecule has 2 N–H and O–H groups in total. The normalized spacial score (nSPS) is 11.7. The second-order valence-electron chi connectivity index (χ2n) is 7.13. The second-order valence-corrected chi connectivity index (χ2v) is 7.13. The van der Waals surface area contributed by atoms with Crippen molar-refractivity contribution in [2.24, 2.45) is 5.73 Å². The van der Waals surface area contributed by atoms with Crippen LogP contribution in [0.4, 0.5) is 0 Å². The molecule has 0 saturated heterocycles. The highest BCUT2D eigenvalue weighted by molar-refractivity contribution is 5.29. The van der Waals surface area contributed by atoms with E-state index in [1.165, 1.54) is 0 Å². The van der Waals surface area contributed by atoms with Crippen molar-refractivity contribution in [2.75, 3.05) is 0 Å². The molecule has 2 atom stereocenters. The fraction of sp³-hybridized carbons (Fsp3) is 0.520. The summed E-state index contributed by atoms with van der Waals surface area (Å²) in [7, 11) is 0. The predicted octanol–water partition coefficient (Wildman–Crippen LogP) is 6.27. The summed E-state index contributed by atoms with van der Waals surface area (Å²) in [5.41, 5.74) is 6.32. The summed E-state index contributed by atoms with van der Waals surface area (Å²) in [6.07, 6.45) is 2.07. The molecular formula is C25H41NO4. The quantitative estimate of drug-likeness (QED) is 0.504. The van der Waals surface area contributed by atoms with Crippen molar-refractivity contribution < 1.29 is 8.83 Å². The maximum Gasteiger partial charge on any atom is 0.229 e. The van der Waals surface area contributed by atoms with Crippen LogP contribution in [0.5, 0.6) is 0 Å². The van der Waals surface area contributed by atoms with Gasteiger partial charge in [-0.1, -0.05) is 35.6 Å². The SMILES string of the molecule is C.C.CC[C@@H](C)c1ccc(C)o1.CC[C@@H](N)c1ccc(C)o1.Cc1c(C)c(=O)c1=O. The monoisotopic (exact) mass is 419 g/mol. The van der Waals surface area contributed by atoms with Crippen molar-refractivity contribution in [2.45, 2.75) is 88.1 Å². The van der Waals surface area contributed by atoms with Crippen molar-refractivity contribution in [3.8, 4) is 0 Å². The fourth-order valence-electron chi connectivity index (χ4n) is 2.39. The minimum atomic E-state index is -0.317. The standard InChI is InChI=1S/C9H14O.C8H13NO.C6H6O2.2CH4/c1-4-7(2)9-6-5-8(3)10-9;1-3-7(9)8-5-4-6(2)10-8;1-3-4(2)6(8)5(3)7;;/h5-7H,4H2,1-3H3;4-5,7H,3,9H2,1-2H3;1-2H3;2*1H4/t2*7-;;;/m11.../s1. The highest BCUT2D eigenvalue weighted by atomic mass is 16.3. The van der Waals surface area contributed by atoms with Gasteiger partial charge in [-0.2, -0.15) is 0 Å². The number of nitrogens with two attached hydrogens (primary N) is 1. The largest absolute Gasteiger partial charge is 0.466 e.